The van der Waals surface area contributed by atoms with Gasteiger partial charge < -0.3 is 19.5 Å². The summed E-state index contributed by atoms with van der Waals surface area (Å²) < 4.78 is 1.94. The number of nitrogens with zero attached hydrogens (tertiary/aromatic N) is 6. The topological polar surface area (TPSA) is 61.1 Å². The number of hydrogen-bond acceptors (Lipinski definition) is 4. The Morgan fingerprint density at radius 1 is 1.15 bits per heavy atom. The van der Waals surface area contributed by atoms with E-state index in [2.05, 4.69) is 36.1 Å². The molecule has 0 spiro atoms. The number of fused-ring (bicyclic) bond motifs is 1. The number of rotatable bonds is 3. The minimum atomic E-state index is 0.617. The first-order valence-corrected chi connectivity index (χ1v) is 9.35. The monoisotopic (exact) mass is 383 g/mol. The number of imidazole rings is 1. The minimum absolute atomic E-state index is 0.617. The quantitative estimate of drug-likeness (QED) is 0.555. The number of nitrogens with one attached hydrogen (secondary N) is 1. The minimum Gasteiger partial charge on any atom is -0.353 e. The SMILES string of the molecule is CN=C(NCc1cn2cc(Cl)ccc2n1)N1CCN(c2ccccn2)CC1. The van der Waals surface area contributed by atoms with Crippen LogP contribution in [-0.2, 0) is 6.54 Å². The van der Waals surface area contributed by atoms with Crippen LogP contribution in [-0.4, -0.2) is 58.5 Å². The predicted octanol–water partition coefficient (Wildman–Crippen LogP) is 2.28. The maximum absolute atomic E-state index is 6.04. The standard InChI is InChI=1S/C19H22ClN7/c1-21-19(23-12-16-14-27-13-15(20)5-6-18(27)24-16)26-10-8-25(9-11-26)17-4-2-3-7-22-17/h2-7,13-14H,8-12H2,1H3,(H,21,23). The highest BCUT2D eigenvalue weighted by molar-refractivity contribution is 6.30. The number of aliphatic imine (C=N–C) groups is 1. The van der Waals surface area contributed by atoms with E-state index in [1.807, 2.05) is 54.3 Å². The third-order valence-electron chi connectivity index (χ3n) is 4.66. The van der Waals surface area contributed by atoms with E-state index >= 15 is 0 Å². The molecule has 0 saturated carbocycles. The van der Waals surface area contributed by atoms with Gasteiger partial charge in [0.15, 0.2) is 5.96 Å². The van der Waals surface area contributed by atoms with Crippen molar-refractivity contribution >= 4 is 29.0 Å². The summed E-state index contributed by atoms with van der Waals surface area (Å²) in [6.07, 6.45) is 5.68. The molecule has 4 heterocycles. The van der Waals surface area contributed by atoms with E-state index in [-0.39, 0.29) is 0 Å². The Balaban J connectivity index is 1.35. The number of aromatic nitrogens is 3. The molecular formula is C19H22ClN7. The zero-order valence-electron chi connectivity index (χ0n) is 15.2. The van der Waals surface area contributed by atoms with Gasteiger partial charge >= 0.3 is 0 Å². The fourth-order valence-corrected chi connectivity index (χ4v) is 3.46. The second-order valence-electron chi connectivity index (χ2n) is 6.41. The third kappa shape index (κ3) is 3.98. The number of pyridine rings is 2. The summed E-state index contributed by atoms with van der Waals surface area (Å²) >= 11 is 6.04. The Bertz CT molecular complexity index is 930. The average Bonchev–Trinajstić information content (AvgIpc) is 3.11. The van der Waals surface area contributed by atoms with Crippen molar-refractivity contribution in [1.29, 1.82) is 0 Å². The molecule has 0 atom stereocenters. The first kappa shape index (κ1) is 17.6. The Labute approximate surface area is 163 Å². The van der Waals surface area contributed by atoms with E-state index in [1.54, 1.807) is 0 Å². The van der Waals surface area contributed by atoms with Gasteiger partial charge in [-0.05, 0) is 24.3 Å². The number of halogens is 1. The van der Waals surface area contributed by atoms with Gasteiger partial charge in [0, 0.05) is 51.8 Å². The van der Waals surface area contributed by atoms with Crippen LogP contribution in [0, 0.1) is 0 Å². The number of guanidine groups is 1. The van der Waals surface area contributed by atoms with Gasteiger partial charge in [0.05, 0.1) is 17.3 Å². The van der Waals surface area contributed by atoms with Crippen molar-refractivity contribution < 1.29 is 0 Å². The lowest BCUT2D eigenvalue weighted by Crippen LogP contribution is -2.52. The molecule has 0 aliphatic carbocycles. The molecule has 3 aromatic heterocycles. The molecular weight excluding hydrogens is 362 g/mol. The Morgan fingerprint density at radius 2 is 2.00 bits per heavy atom. The van der Waals surface area contributed by atoms with E-state index in [9.17, 15) is 0 Å². The lowest BCUT2D eigenvalue weighted by atomic mass is 10.3. The van der Waals surface area contributed by atoms with Crippen LogP contribution in [0.1, 0.15) is 5.69 Å². The molecule has 0 aromatic carbocycles. The van der Waals surface area contributed by atoms with E-state index < -0.39 is 0 Å². The van der Waals surface area contributed by atoms with E-state index in [0.29, 0.717) is 11.6 Å². The van der Waals surface area contributed by atoms with Gasteiger partial charge in [0.25, 0.3) is 0 Å². The Hall–Kier alpha value is -2.80. The molecule has 4 rings (SSSR count). The van der Waals surface area contributed by atoms with Crippen LogP contribution >= 0.6 is 11.6 Å². The van der Waals surface area contributed by atoms with Gasteiger partial charge in [-0.25, -0.2) is 9.97 Å². The summed E-state index contributed by atoms with van der Waals surface area (Å²) in [6, 6.07) is 9.78. The molecule has 1 aliphatic rings. The maximum atomic E-state index is 6.04. The molecule has 1 N–H and O–H groups in total. The highest BCUT2D eigenvalue weighted by atomic mass is 35.5. The Kier molecular flexibility index (Phi) is 5.11. The molecule has 0 amide bonds. The van der Waals surface area contributed by atoms with Crippen molar-refractivity contribution in [2.24, 2.45) is 4.99 Å². The van der Waals surface area contributed by atoms with Crippen LogP contribution in [0.2, 0.25) is 5.02 Å². The molecule has 140 valence electrons. The fourth-order valence-electron chi connectivity index (χ4n) is 3.29. The number of piperazine rings is 1. The smallest absolute Gasteiger partial charge is 0.194 e. The van der Waals surface area contributed by atoms with Crippen LogP contribution in [0.4, 0.5) is 5.82 Å². The fraction of sp³-hybridized carbons (Fsp3) is 0.316. The summed E-state index contributed by atoms with van der Waals surface area (Å²) in [5.74, 6) is 1.93. The summed E-state index contributed by atoms with van der Waals surface area (Å²) in [4.78, 5) is 18.1. The molecule has 3 aromatic rings. The third-order valence-corrected chi connectivity index (χ3v) is 4.88. The molecule has 7 nitrogen and oxygen atoms in total. The van der Waals surface area contributed by atoms with Crippen LogP contribution in [0.25, 0.3) is 5.65 Å². The first-order chi connectivity index (χ1) is 13.2. The van der Waals surface area contributed by atoms with Crippen molar-refractivity contribution in [2.75, 3.05) is 38.1 Å². The van der Waals surface area contributed by atoms with Crippen LogP contribution in [0.5, 0.6) is 0 Å². The summed E-state index contributed by atoms with van der Waals surface area (Å²) in [5, 5.41) is 4.11. The van der Waals surface area contributed by atoms with Gasteiger partial charge in [-0.1, -0.05) is 17.7 Å². The second kappa shape index (κ2) is 7.84. The summed E-state index contributed by atoms with van der Waals surface area (Å²) in [7, 11) is 1.82. The van der Waals surface area contributed by atoms with E-state index in [1.165, 1.54) is 0 Å². The molecule has 1 saturated heterocycles. The lowest BCUT2D eigenvalue weighted by molar-refractivity contribution is 0.371. The predicted molar refractivity (Wildman–Crippen MR) is 108 cm³/mol. The highest BCUT2D eigenvalue weighted by Gasteiger charge is 2.20. The first-order valence-electron chi connectivity index (χ1n) is 8.97. The van der Waals surface area contributed by atoms with E-state index in [0.717, 1.165) is 49.3 Å². The lowest BCUT2D eigenvalue weighted by Gasteiger charge is -2.37. The molecule has 1 aliphatic heterocycles. The van der Waals surface area contributed by atoms with Crippen molar-refractivity contribution in [3.05, 3.63) is 59.6 Å². The van der Waals surface area contributed by atoms with Gasteiger partial charge in [-0.3, -0.25) is 4.99 Å². The van der Waals surface area contributed by atoms with Gasteiger partial charge in [0.2, 0.25) is 0 Å². The van der Waals surface area contributed by atoms with Gasteiger partial charge in [0.1, 0.15) is 11.5 Å². The molecule has 8 heteroatoms. The molecule has 27 heavy (non-hydrogen) atoms. The zero-order chi connectivity index (χ0) is 18.6. The molecule has 0 bridgehead atoms. The van der Waals surface area contributed by atoms with Crippen molar-refractivity contribution in [3.63, 3.8) is 0 Å². The zero-order valence-corrected chi connectivity index (χ0v) is 16.0. The number of hydrogen-bond donors (Lipinski definition) is 1. The van der Waals surface area contributed by atoms with Crippen LogP contribution in [0.3, 0.4) is 0 Å². The van der Waals surface area contributed by atoms with Gasteiger partial charge in [-0.2, -0.15) is 0 Å². The van der Waals surface area contributed by atoms with Crippen molar-refractivity contribution in [1.82, 2.24) is 24.6 Å². The molecule has 1 fully saturated rings. The maximum Gasteiger partial charge on any atom is 0.194 e. The largest absolute Gasteiger partial charge is 0.353 e. The van der Waals surface area contributed by atoms with Crippen molar-refractivity contribution in [2.45, 2.75) is 6.54 Å². The van der Waals surface area contributed by atoms with Gasteiger partial charge in [-0.15, -0.1) is 0 Å². The molecule has 0 radical (unpaired) electrons. The van der Waals surface area contributed by atoms with Crippen molar-refractivity contribution in [3.8, 4) is 0 Å². The number of anilines is 1. The van der Waals surface area contributed by atoms with E-state index in [4.69, 9.17) is 11.6 Å². The summed E-state index contributed by atoms with van der Waals surface area (Å²) in [5.41, 5.74) is 1.83. The second-order valence-corrected chi connectivity index (χ2v) is 6.84. The summed E-state index contributed by atoms with van der Waals surface area (Å²) in [6.45, 7) is 4.26. The van der Waals surface area contributed by atoms with Crippen LogP contribution in [0.15, 0.2) is 53.9 Å². The highest BCUT2D eigenvalue weighted by Crippen LogP contribution is 2.13. The Morgan fingerprint density at radius 3 is 2.74 bits per heavy atom. The normalized spacial score (nSPS) is 15.4. The molecule has 0 unspecified atom stereocenters. The average molecular weight is 384 g/mol. The van der Waals surface area contributed by atoms with Crippen LogP contribution < -0.4 is 10.2 Å².